The van der Waals surface area contributed by atoms with Gasteiger partial charge in [0.1, 0.15) is 0 Å². The predicted octanol–water partition coefficient (Wildman–Crippen LogP) is 0.323. The van der Waals surface area contributed by atoms with Crippen molar-refractivity contribution in [2.45, 2.75) is 12.0 Å². The van der Waals surface area contributed by atoms with Crippen LogP contribution in [0.1, 0.15) is 17.5 Å². The highest BCUT2D eigenvalue weighted by Crippen LogP contribution is 2.26. The van der Waals surface area contributed by atoms with Crippen LogP contribution in [-0.4, -0.2) is 61.8 Å². The third kappa shape index (κ3) is 2.86. The quantitative estimate of drug-likeness (QED) is 0.852. The van der Waals surface area contributed by atoms with E-state index in [0.29, 0.717) is 6.54 Å². The maximum atomic E-state index is 12.3. The van der Waals surface area contributed by atoms with E-state index >= 15 is 0 Å². The van der Waals surface area contributed by atoms with E-state index in [0.717, 1.165) is 4.31 Å². The summed E-state index contributed by atoms with van der Waals surface area (Å²) in [7, 11) is -1.03. The van der Waals surface area contributed by atoms with Crippen molar-refractivity contribution in [3.63, 3.8) is 0 Å². The lowest BCUT2D eigenvalue weighted by atomic mass is 9.99. The number of likely N-dealkylation sites (tertiary alicyclic amines) is 1. The van der Waals surface area contributed by atoms with Gasteiger partial charge in [0.05, 0.1) is 5.92 Å². The van der Waals surface area contributed by atoms with Gasteiger partial charge < -0.3 is 14.4 Å². The number of amides is 1. The van der Waals surface area contributed by atoms with Crippen LogP contribution in [0.3, 0.4) is 0 Å². The first kappa shape index (κ1) is 16.5. The molecule has 1 N–H and O–H groups in total. The molecule has 1 fully saturated rings. The lowest BCUT2D eigenvalue weighted by Gasteiger charge is -2.14. The standard InChI is InChI=1S/C13H18N2O6S/c1-8-6-15(7-9(8)13(17)18)12(16)10-4-5-11(21-10)22(19,20)14(2)3/h4-5,8-9H,6-7H2,1-3H3,(H,17,18)/t8-,9-/m1/s1. The van der Waals surface area contributed by atoms with Crippen LogP contribution in [0.5, 0.6) is 0 Å². The number of carboxylic acids is 1. The second-order valence-electron chi connectivity index (χ2n) is 5.54. The van der Waals surface area contributed by atoms with E-state index < -0.39 is 27.8 Å². The van der Waals surface area contributed by atoms with Gasteiger partial charge >= 0.3 is 5.97 Å². The molecule has 1 aromatic rings. The summed E-state index contributed by atoms with van der Waals surface area (Å²) in [5.41, 5.74) is 0. The number of sulfonamides is 1. The first-order chi connectivity index (χ1) is 10.1. The average molecular weight is 330 g/mol. The maximum Gasteiger partial charge on any atom is 0.308 e. The molecule has 1 aromatic heterocycles. The molecule has 2 rings (SSSR count). The summed E-state index contributed by atoms with van der Waals surface area (Å²) < 4.78 is 30.0. The minimum atomic E-state index is -3.75. The molecule has 1 amide bonds. The largest absolute Gasteiger partial charge is 0.481 e. The molecule has 0 saturated carbocycles. The predicted molar refractivity (Wildman–Crippen MR) is 75.8 cm³/mol. The fourth-order valence-electron chi connectivity index (χ4n) is 2.36. The third-order valence-corrected chi connectivity index (χ3v) is 5.43. The van der Waals surface area contributed by atoms with E-state index in [2.05, 4.69) is 0 Å². The van der Waals surface area contributed by atoms with Crippen LogP contribution in [0, 0.1) is 11.8 Å². The molecule has 22 heavy (non-hydrogen) atoms. The zero-order chi connectivity index (χ0) is 16.7. The zero-order valence-corrected chi connectivity index (χ0v) is 13.3. The van der Waals surface area contributed by atoms with Crippen LogP contribution in [0.15, 0.2) is 21.6 Å². The molecule has 1 aliphatic rings. The van der Waals surface area contributed by atoms with E-state index in [1.807, 2.05) is 0 Å². The lowest BCUT2D eigenvalue weighted by molar-refractivity contribution is -0.142. The Morgan fingerprint density at radius 3 is 2.45 bits per heavy atom. The van der Waals surface area contributed by atoms with Gasteiger partial charge in [0, 0.05) is 27.2 Å². The Hall–Kier alpha value is -1.87. The number of hydrogen-bond acceptors (Lipinski definition) is 5. The van der Waals surface area contributed by atoms with Crippen molar-refractivity contribution in [3.8, 4) is 0 Å². The Morgan fingerprint density at radius 2 is 1.95 bits per heavy atom. The number of carbonyl (C=O) groups is 2. The molecular formula is C13H18N2O6S. The van der Waals surface area contributed by atoms with Gasteiger partial charge in [0.15, 0.2) is 5.76 Å². The summed E-state index contributed by atoms with van der Waals surface area (Å²) in [6, 6.07) is 2.51. The van der Waals surface area contributed by atoms with Gasteiger partial charge in [-0.3, -0.25) is 9.59 Å². The average Bonchev–Trinajstić information content (AvgIpc) is 3.04. The van der Waals surface area contributed by atoms with Crippen LogP contribution in [0.25, 0.3) is 0 Å². The fourth-order valence-corrected chi connectivity index (χ4v) is 3.16. The minimum absolute atomic E-state index is 0.0891. The Balaban J connectivity index is 2.19. The number of hydrogen-bond donors (Lipinski definition) is 1. The van der Waals surface area contributed by atoms with E-state index in [4.69, 9.17) is 9.52 Å². The Kier molecular flexibility index (Phi) is 4.30. The molecule has 0 bridgehead atoms. The number of carbonyl (C=O) groups excluding carboxylic acids is 1. The van der Waals surface area contributed by atoms with Crippen molar-refractivity contribution in [1.82, 2.24) is 9.21 Å². The molecule has 0 spiro atoms. The van der Waals surface area contributed by atoms with Gasteiger partial charge in [0.25, 0.3) is 15.9 Å². The summed E-state index contributed by atoms with van der Waals surface area (Å²) in [6.45, 7) is 2.15. The van der Waals surface area contributed by atoms with Gasteiger partial charge in [-0.15, -0.1) is 0 Å². The molecule has 122 valence electrons. The Labute approximate surface area is 128 Å². The van der Waals surface area contributed by atoms with Gasteiger partial charge in [0.2, 0.25) is 5.09 Å². The molecule has 0 unspecified atom stereocenters. The van der Waals surface area contributed by atoms with Gasteiger partial charge in [-0.05, 0) is 18.1 Å². The molecule has 8 nitrogen and oxygen atoms in total. The van der Waals surface area contributed by atoms with Crippen molar-refractivity contribution in [3.05, 3.63) is 17.9 Å². The number of rotatable bonds is 4. The van der Waals surface area contributed by atoms with Crippen LogP contribution in [0.4, 0.5) is 0 Å². The van der Waals surface area contributed by atoms with Crippen LogP contribution in [-0.2, 0) is 14.8 Å². The minimum Gasteiger partial charge on any atom is -0.481 e. The maximum absolute atomic E-state index is 12.3. The first-order valence-electron chi connectivity index (χ1n) is 6.69. The molecule has 1 saturated heterocycles. The summed E-state index contributed by atoms with van der Waals surface area (Å²) >= 11 is 0. The smallest absolute Gasteiger partial charge is 0.308 e. The van der Waals surface area contributed by atoms with Crippen molar-refractivity contribution in [2.75, 3.05) is 27.2 Å². The lowest BCUT2D eigenvalue weighted by Crippen LogP contribution is -2.29. The van der Waals surface area contributed by atoms with Crippen LogP contribution in [0.2, 0.25) is 0 Å². The van der Waals surface area contributed by atoms with Crippen molar-refractivity contribution in [1.29, 1.82) is 0 Å². The highest BCUT2D eigenvalue weighted by atomic mass is 32.2. The topological polar surface area (TPSA) is 108 Å². The molecule has 2 atom stereocenters. The van der Waals surface area contributed by atoms with Crippen LogP contribution < -0.4 is 0 Å². The number of aliphatic carboxylic acids is 1. The Morgan fingerprint density at radius 1 is 1.32 bits per heavy atom. The third-order valence-electron chi connectivity index (χ3n) is 3.74. The van der Waals surface area contributed by atoms with E-state index in [1.54, 1.807) is 6.92 Å². The van der Waals surface area contributed by atoms with Crippen LogP contribution >= 0.6 is 0 Å². The van der Waals surface area contributed by atoms with Gasteiger partial charge in [-0.2, -0.15) is 0 Å². The molecule has 0 aliphatic carbocycles. The second-order valence-corrected chi connectivity index (χ2v) is 7.62. The molecule has 1 aliphatic heterocycles. The van der Waals surface area contributed by atoms with E-state index in [1.165, 1.54) is 31.1 Å². The van der Waals surface area contributed by atoms with E-state index in [-0.39, 0.29) is 23.3 Å². The molecule has 0 aromatic carbocycles. The summed E-state index contributed by atoms with van der Waals surface area (Å²) in [5, 5.41) is 8.76. The van der Waals surface area contributed by atoms with Gasteiger partial charge in [-0.1, -0.05) is 6.92 Å². The Bertz CT molecular complexity index is 693. The normalized spacial score (nSPS) is 22.3. The molecule has 9 heteroatoms. The summed E-state index contributed by atoms with van der Waals surface area (Å²) in [5.74, 6) is -2.35. The number of nitrogens with zero attached hydrogens (tertiary/aromatic N) is 2. The van der Waals surface area contributed by atoms with Crippen molar-refractivity contribution in [2.24, 2.45) is 11.8 Å². The monoisotopic (exact) mass is 330 g/mol. The second kappa shape index (κ2) is 5.73. The molecular weight excluding hydrogens is 312 g/mol. The van der Waals surface area contributed by atoms with E-state index in [9.17, 15) is 18.0 Å². The number of carboxylic acid groups (broad SMARTS) is 1. The highest BCUT2D eigenvalue weighted by Gasteiger charge is 2.38. The van der Waals surface area contributed by atoms with Gasteiger partial charge in [-0.25, -0.2) is 12.7 Å². The summed E-state index contributed by atoms with van der Waals surface area (Å²) in [6.07, 6.45) is 0. The fraction of sp³-hybridized carbons (Fsp3) is 0.538. The first-order valence-corrected chi connectivity index (χ1v) is 8.13. The van der Waals surface area contributed by atoms with Crippen molar-refractivity contribution < 1.29 is 27.5 Å². The molecule has 2 heterocycles. The zero-order valence-electron chi connectivity index (χ0n) is 12.5. The highest BCUT2D eigenvalue weighted by molar-refractivity contribution is 7.88. The molecule has 0 radical (unpaired) electrons. The van der Waals surface area contributed by atoms with Crippen molar-refractivity contribution >= 4 is 21.9 Å². The summed E-state index contributed by atoms with van der Waals surface area (Å²) in [4.78, 5) is 24.8. The number of furan rings is 1. The SMILES string of the molecule is C[C@@H]1CN(C(=O)c2ccc(S(=O)(=O)N(C)C)o2)C[C@H]1C(=O)O.